The number of nitrogens with zero attached hydrogens (tertiary/aromatic N) is 5. The number of pyridine rings is 1. The SMILES string of the molecule is Nc1nc(C2(c3ccccc3)CCN(Cc3cccc4ncnn34)CC2)cs1. The van der Waals surface area contributed by atoms with Crippen LogP contribution >= 0.6 is 11.3 Å². The second-order valence-electron chi connectivity index (χ2n) is 7.34. The van der Waals surface area contributed by atoms with Crippen LogP contribution in [0.15, 0.2) is 60.2 Å². The van der Waals surface area contributed by atoms with Gasteiger partial charge in [-0.05, 0) is 43.6 Å². The van der Waals surface area contributed by atoms with E-state index in [-0.39, 0.29) is 5.41 Å². The standard InChI is InChI=1S/C21H22N6S/c22-20-25-18(14-28-20)21(16-5-2-1-3-6-16)9-11-26(12-10-21)13-17-7-4-8-19-23-15-24-27(17)19/h1-8,14-15H,9-13H2,(H2,22,25). The molecule has 3 aromatic heterocycles. The van der Waals surface area contributed by atoms with E-state index < -0.39 is 0 Å². The summed E-state index contributed by atoms with van der Waals surface area (Å²) in [6, 6.07) is 16.9. The summed E-state index contributed by atoms with van der Waals surface area (Å²) in [7, 11) is 0. The van der Waals surface area contributed by atoms with Gasteiger partial charge in [-0.25, -0.2) is 14.5 Å². The molecule has 28 heavy (non-hydrogen) atoms. The normalized spacial score (nSPS) is 17.1. The van der Waals surface area contributed by atoms with Crippen molar-refractivity contribution in [2.45, 2.75) is 24.8 Å². The highest BCUT2D eigenvalue weighted by Gasteiger charge is 2.39. The van der Waals surface area contributed by atoms with Crippen LogP contribution in [0.4, 0.5) is 5.13 Å². The van der Waals surface area contributed by atoms with Crippen molar-refractivity contribution in [3.8, 4) is 0 Å². The Morgan fingerprint density at radius 1 is 1.04 bits per heavy atom. The Balaban J connectivity index is 1.41. The van der Waals surface area contributed by atoms with Crippen LogP contribution in [0.5, 0.6) is 0 Å². The molecule has 6 nitrogen and oxygen atoms in total. The number of hydrogen-bond donors (Lipinski definition) is 1. The van der Waals surface area contributed by atoms with Crippen molar-refractivity contribution in [2.75, 3.05) is 18.8 Å². The lowest BCUT2D eigenvalue weighted by Gasteiger charge is -2.41. The van der Waals surface area contributed by atoms with Crippen LogP contribution in [0, 0.1) is 0 Å². The van der Waals surface area contributed by atoms with Gasteiger partial charge in [0.25, 0.3) is 0 Å². The molecule has 4 aromatic rings. The number of aromatic nitrogens is 4. The van der Waals surface area contributed by atoms with E-state index in [4.69, 9.17) is 5.73 Å². The number of thiazole rings is 1. The Labute approximate surface area is 167 Å². The van der Waals surface area contributed by atoms with Gasteiger partial charge in [0.15, 0.2) is 10.8 Å². The zero-order valence-electron chi connectivity index (χ0n) is 15.5. The monoisotopic (exact) mass is 390 g/mol. The topological polar surface area (TPSA) is 72.3 Å². The summed E-state index contributed by atoms with van der Waals surface area (Å²) in [5.74, 6) is 0. The minimum absolute atomic E-state index is 0.0643. The van der Waals surface area contributed by atoms with Crippen LogP contribution in [0.2, 0.25) is 0 Å². The van der Waals surface area contributed by atoms with Gasteiger partial charge in [0.05, 0.1) is 11.4 Å². The number of benzene rings is 1. The van der Waals surface area contributed by atoms with Gasteiger partial charge in [0, 0.05) is 17.3 Å². The van der Waals surface area contributed by atoms with Crippen molar-refractivity contribution in [3.05, 3.63) is 77.2 Å². The summed E-state index contributed by atoms with van der Waals surface area (Å²) < 4.78 is 1.93. The first-order valence-electron chi connectivity index (χ1n) is 9.52. The Morgan fingerprint density at radius 2 is 1.86 bits per heavy atom. The van der Waals surface area contributed by atoms with Crippen molar-refractivity contribution in [2.24, 2.45) is 0 Å². The molecule has 1 aromatic carbocycles. The van der Waals surface area contributed by atoms with Crippen LogP contribution in [-0.4, -0.2) is 37.6 Å². The Hall–Kier alpha value is -2.77. The zero-order valence-corrected chi connectivity index (χ0v) is 16.3. The fourth-order valence-corrected chi connectivity index (χ4v) is 4.96. The molecule has 1 fully saturated rings. The van der Waals surface area contributed by atoms with Gasteiger partial charge in [0.2, 0.25) is 0 Å². The smallest absolute Gasteiger partial charge is 0.180 e. The molecule has 5 rings (SSSR count). The van der Waals surface area contributed by atoms with E-state index in [0.717, 1.165) is 43.8 Å². The molecule has 0 amide bonds. The molecule has 142 valence electrons. The minimum atomic E-state index is -0.0643. The molecule has 0 spiro atoms. The number of hydrogen-bond acceptors (Lipinski definition) is 6. The molecule has 1 aliphatic heterocycles. The molecule has 1 saturated heterocycles. The van der Waals surface area contributed by atoms with Crippen molar-refractivity contribution in [1.29, 1.82) is 0 Å². The summed E-state index contributed by atoms with van der Waals surface area (Å²) in [6.07, 6.45) is 3.66. The van der Waals surface area contributed by atoms with E-state index >= 15 is 0 Å². The average molecular weight is 391 g/mol. The minimum Gasteiger partial charge on any atom is -0.375 e. The maximum atomic E-state index is 5.98. The lowest BCUT2D eigenvalue weighted by molar-refractivity contribution is 0.168. The molecular weight excluding hydrogens is 368 g/mol. The van der Waals surface area contributed by atoms with Gasteiger partial charge in [-0.2, -0.15) is 5.10 Å². The summed E-state index contributed by atoms with van der Waals surface area (Å²) in [4.78, 5) is 11.5. The summed E-state index contributed by atoms with van der Waals surface area (Å²) >= 11 is 1.53. The summed E-state index contributed by atoms with van der Waals surface area (Å²) in [6.45, 7) is 2.86. The molecule has 0 aliphatic carbocycles. The third kappa shape index (κ3) is 2.96. The quantitative estimate of drug-likeness (QED) is 0.579. The number of piperidine rings is 1. The highest BCUT2D eigenvalue weighted by Crippen LogP contribution is 2.42. The van der Waals surface area contributed by atoms with Gasteiger partial charge >= 0.3 is 0 Å². The number of rotatable bonds is 4. The Kier molecular flexibility index (Phi) is 4.33. The van der Waals surface area contributed by atoms with E-state index in [2.05, 4.69) is 67.8 Å². The van der Waals surface area contributed by atoms with E-state index in [1.165, 1.54) is 22.6 Å². The molecule has 0 radical (unpaired) electrons. The van der Waals surface area contributed by atoms with Crippen molar-refractivity contribution < 1.29 is 0 Å². The maximum absolute atomic E-state index is 5.98. The van der Waals surface area contributed by atoms with E-state index in [9.17, 15) is 0 Å². The number of nitrogen functional groups attached to an aromatic ring is 1. The molecular formula is C21H22N6S. The molecule has 7 heteroatoms. The molecule has 4 heterocycles. The lowest BCUT2D eigenvalue weighted by atomic mass is 9.70. The lowest BCUT2D eigenvalue weighted by Crippen LogP contribution is -2.43. The number of likely N-dealkylation sites (tertiary alicyclic amines) is 1. The van der Waals surface area contributed by atoms with Gasteiger partial charge < -0.3 is 5.73 Å². The van der Waals surface area contributed by atoms with E-state index in [1.807, 2.05) is 10.6 Å². The Morgan fingerprint density at radius 3 is 2.61 bits per heavy atom. The maximum Gasteiger partial charge on any atom is 0.180 e. The van der Waals surface area contributed by atoms with Crippen molar-refractivity contribution >= 4 is 22.1 Å². The molecule has 1 aliphatic rings. The van der Waals surface area contributed by atoms with Gasteiger partial charge in [-0.3, -0.25) is 4.90 Å². The number of nitrogens with two attached hydrogens (primary N) is 1. The largest absolute Gasteiger partial charge is 0.375 e. The van der Waals surface area contributed by atoms with Crippen LogP contribution in [-0.2, 0) is 12.0 Å². The average Bonchev–Trinajstić information content (AvgIpc) is 3.39. The third-order valence-electron chi connectivity index (χ3n) is 5.81. The highest BCUT2D eigenvalue weighted by molar-refractivity contribution is 7.13. The predicted molar refractivity (Wildman–Crippen MR) is 111 cm³/mol. The Bertz CT molecular complexity index is 1080. The second-order valence-corrected chi connectivity index (χ2v) is 8.23. The first-order chi connectivity index (χ1) is 13.7. The highest BCUT2D eigenvalue weighted by atomic mass is 32.1. The van der Waals surface area contributed by atoms with Crippen LogP contribution in [0.3, 0.4) is 0 Å². The molecule has 0 saturated carbocycles. The first-order valence-corrected chi connectivity index (χ1v) is 10.4. The van der Waals surface area contributed by atoms with Crippen molar-refractivity contribution in [3.63, 3.8) is 0 Å². The number of anilines is 1. The fraction of sp³-hybridized carbons (Fsp3) is 0.286. The fourth-order valence-electron chi connectivity index (χ4n) is 4.30. The summed E-state index contributed by atoms with van der Waals surface area (Å²) in [5, 5.41) is 7.14. The molecule has 0 bridgehead atoms. The van der Waals surface area contributed by atoms with Crippen LogP contribution in [0.1, 0.15) is 29.8 Å². The molecule has 0 atom stereocenters. The zero-order chi connectivity index (χ0) is 19.0. The van der Waals surface area contributed by atoms with Crippen LogP contribution in [0.25, 0.3) is 5.65 Å². The van der Waals surface area contributed by atoms with Crippen molar-refractivity contribution in [1.82, 2.24) is 24.5 Å². The first kappa shape index (κ1) is 17.3. The summed E-state index contributed by atoms with van der Waals surface area (Å²) in [5.41, 5.74) is 10.4. The molecule has 2 N–H and O–H groups in total. The van der Waals surface area contributed by atoms with Gasteiger partial charge in [-0.15, -0.1) is 11.3 Å². The second kappa shape index (κ2) is 7.00. The van der Waals surface area contributed by atoms with Gasteiger partial charge in [-0.1, -0.05) is 36.4 Å². The van der Waals surface area contributed by atoms with Gasteiger partial charge in [0.1, 0.15) is 6.33 Å². The van der Waals surface area contributed by atoms with Crippen LogP contribution < -0.4 is 5.73 Å². The predicted octanol–water partition coefficient (Wildman–Crippen LogP) is 3.35. The number of fused-ring (bicyclic) bond motifs is 1. The third-order valence-corrected chi connectivity index (χ3v) is 6.49. The van der Waals surface area contributed by atoms with E-state index in [0.29, 0.717) is 5.13 Å². The van der Waals surface area contributed by atoms with E-state index in [1.54, 1.807) is 6.33 Å². The molecule has 0 unspecified atom stereocenters.